The van der Waals surface area contributed by atoms with Crippen molar-refractivity contribution in [1.82, 2.24) is 16.0 Å². The smallest absolute Gasteiger partial charge is 0.408 e. The van der Waals surface area contributed by atoms with E-state index in [2.05, 4.69) is 16.0 Å². The Morgan fingerprint density at radius 2 is 1.44 bits per heavy atom. The zero-order valence-electron chi connectivity index (χ0n) is 22.4. The molecule has 2 atom stereocenters. The summed E-state index contributed by atoms with van der Waals surface area (Å²) < 4.78 is 15.8. The van der Waals surface area contributed by atoms with Gasteiger partial charge in [0, 0.05) is 6.54 Å². The van der Waals surface area contributed by atoms with E-state index in [0.29, 0.717) is 25.8 Å². The van der Waals surface area contributed by atoms with Gasteiger partial charge in [-0.2, -0.15) is 0 Å². The number of alkyl carbamates (subject to hydrolysis) is 2. The number of ether oxygens (including phenoxy) is 3. The minimum absolute atomic E-state index is 0.176. The molecule has 202 valence electrons. The van der Waals surface area contributed by atoms with Gasteiger partial charge in [0.05, 0.1) is 0 Å². The highest BCUT2D eigenvalue weighted by Crippen LogP contribution is 2.12. The molecule has 10 heteroatoms. The second kappa shape index (κ2) is 14.3. The van der Waals surface area contributed by atoms with Gasteiger partial charge in [0.15, 0.2) is 0 Å². The molecule has 0 aromatic heterocycles. The van der Waals surface area contributed by atoms with Crippen molar-refractivity contribution in [3.05, 3.63) is 35.9 Å². The fourth-order valence-corrected chi connectivity index (χ4v) is 2.91. The summed E-state index contributed by atoms with van der Waals surface area (Å²) in [7, 11) is 0. The molecular weight excluding hydrogens is 466 g/mol. The van der Waals surface area contributed by atoms with Crippen molar-refractivity contribution in [2.45, 2.75) is 97.6 Å². The summed E-state index contributed by atoms with van der Waals surface area (Å²) in [5.74, 6) is -1.12. The fraction of sp³-hybridized carbons (Fsp3) is 0.615. The molecule has 3 amide bonds. The Kier molecular flexibility index (Phi) is 12.2. The number of hydrogen-bond donors (Lipinski definition) is 3. The van der Waals surface area contributed by atoms with Crippen LogP contribution in [0.2, 0.25) is 0 Å². The summed E-state index contributed by atoms with van der Waals surface area (Å²) in [5.41, 5.74) is -0.551. The van der Waals surface area contributed by atoms with Crippen LogP contribution in [-0.2, 0) is 30.4 Å². The molecule has 0 unspecified atom stereocenters. The first-order valence-corrected chi connectivity index (χ1v) is 12.1. The first-order chi connectivity index (χ1) is 16.7. The van der Waals surface area contributed by atoms with E-state index in [4.69, 9.17) is 14.2 Å². The lowest BCUT2D eigenvalue weighted by molar-refractivity contribution is -0.159. The van der Waals surface area contributed by atoms with Crippen LogP contribution in [0.15, 0.2) is 30.3 Å². The molecule has 0 saturated heterocycles. The summed E-state index contributed by atoms with van der Waals surface area (Å²) in [6.45, 7) is 12.4. The molecule has 1 aromatic rings. The fourth-order valence-electron chi connectivity index (χ4n) is 2.91. The Bertz CT molecular complexity index is 861. The van der Waals surface area contributed by atoms with Gasteiger partial charge in [-0.25, -0.2) is 14.4 Å². The predicted molar refractivity (Wildman–Crippen MR) is 135 cm³/mol. The number of carbonyl (C=O) groups excluding carboxylic acids is 4. The van der Waals surface area contributed by atoms with Crippen molar-refractivity contribution in [3.8, 4) is 0 Å². The van der Waals surface area contributed by atoms with Gasteiger partial charge in [-0.15, -0.1) is 0 Å². The Morgan fingerprint density at radius 3 is 2.03 bits per heavy atom. The number of benzene rings is 1. The Morgan fingerprint density at radius 1 is 0.833 bits per heavy atom. The number of hydrogen-bond acceptors (Lipinski definition) is 7. The second-order valence-electron chi connectivity index (χ2n) is 10.4. The quantitative estimate of drug-likeness (QED) is 0.236. The van der Waals surface area contributed by atoms with Gasteiger partial charge >= 0.3 is 18.2 Å². The molecule has 0 aliphatic rings. The summed E-state index contributed by atoms with van der Waals surface area (Å²) in [5, 5.41) is 7.77. The third kappa shape index (κ3) is 14.2. The zero-order chi connectivity index (χ0) is 27.4. The molecular formula is C26H41N3O7. The highest BCUT2D eigenvalue weighted by Gasteiger charge is 2.29. The first kappa shape index (κ1) is 30.7. The van der Waals surface area contributed by atoms with Gasteiger partial charge < -0.3 is 30.2 Å². The third-order valence-corrected chi connectivity index (χ3v) is 4.54. The van der Waals surface area contributed by atoms with Crippen LogP contribution < -0.4 is 16.0 Å². The molecule has 0 heterocycles. The first-order valence-electron chi connectivity index (χ1n) is 12.1. The van der Waals surface area contributed by atoms with Crippen molar-refractivity contribution < 1.29 is 33.4 Å². The molecule has 0 fully saturated rings. The van der Waals surface area contributed by atoms with E-state index in [1.54, 1.807) is 41.5 Å². The standard InChI is InChI=1S/C26H41N3O7/c1-18(28-24(33)36-26(5,6)7)21(30)29-20(22(31)35-25(2,3)4)15-11-12-16-27-23(32)34-17-19-13-9-8-10-14-19/h8-10,13-14,18,20H,11-12,15-17H2,1-7H3,(H,27,32)(H,28,33)(H,29,30)/t18-,20-/m0/s1. The van der Waals surface area contributed by atoms with E-state index >= 15 is 0 Å². The maximum absolute atomic E-state index is 12.7. The summed E-state index contributed by atoms with van der Waals surface area (Å²) in [4.78, 5) is 49.1. The Balaban J connectivity index is 2.53. The third-order valence-electron chi connectivity index (χ3n) is 4.54. The average Bonchev–Trinajstić information content (AvgIpc) is 2.74. The van der Waals surface area contributed by atoms with Crippen LogP contribution in [-0.4, -0.2) is 53.9 Å². The maximum Gasteiger partial charge on any atom is 0.408 e. The van der Waals surface area contributed by atoms with Crippen molar-refractivity contribution in [2.24, 2.45) is 0 Å². The molecule has 0 bridgehead atoms. The van der Waals surface area contributed by atoms with Gasteiger partial charge in [-0.3, -0.25) is 4.79 Å². The van der Waals surface area contributed by atoms with Crippen LogP contribution in [0, 0.1) is 0 Å². The minimum atomic E-state index is -0.925. The second-order valence-corrected chi connectivity index (χ2v) is 10.4. The Labute approximate surface area is 213 Å². The normalized spacial score (nSPS) is 13.1. The van der Waals surface area contributed by atoms with Gasteiger partial charge in [-0.05, 0) is 73.3 Å². The minimum Gasteiger partial charge on any atom is -0.458 e. The van der Waals surface area contributed by atoms with Crippen LogP contribution in [0.4, 0.5) is 9.59 Å². The van der Waals surface area contributed by atoms with Gasteiger partial charge in [0.1, 0.15) is 29.9 Å². The lowest BCUT2D eigenvalue weighted by Gasteiger charge is -2.26. The van der Waals surface area contributed by atoms with E-state index in [0.717, 1.165) is 5.56 Å². The molecule has 0 aliphatic carbocycles. The van der Waals surface area contributed by atoms with E-state index < -0.39 is 47.3 Å². The lowest BCUT2D eigenvalue weighted by Crippen LogP contribution is -2.52. The number of nitrogens with one attached hydrogen (secondary N) is 3. The largest absolute Gasteiger partial charge is 0.458 e. The molecule has 36 heavy (non-hydrogen) atoms. The van der Waals surface area contributed by atoms with Crippen LogP contribution in [0.1, 0.15) is 73.3 Å². The number of amides is 3. The molecule has 1 rings (SSSR count). The number of carbonyl (C=O) groups is 4. The average molecular weight is 508 g/mol. The highest BCUT2D eigenvalue weighted by atomic mass is 16.6. The topological polar surface area (TPSA) is 132 Å². The highest BCUT2D eigenvalue weighted by molar-refractivity contribution is 5.89. The number of unbranched alkanes of at least 4 members (excludes halogenated alkanes) is 1. The molecule has 1 aromatic carbocycles. The zero-order valence-corrected chi connectivity index (χ0v) is 22.4. The lowest BCUT2D eigenvalue weighted by atomic mass is 10.1. The van der Waals surface area contributed by atoms with Crippen molar-refractivity contribution in [1.29, 1.82) is 0 Å². The SMILES string of the molecule is C[C@H](NC(=O)OC(C)(C)C)C(=O)N[C@@H](CCCCNC(=O)OCc1ccccc1)C(=O)OC(C)(C)C. The Hall–Kier alpha value is -3.30. The maximum atomic E-state index is 12.7. The van der Waals surface area contributed by atoms with Gasteiger partial charge in [-0.1, -0.05) is 30.3 Å². The van der Waals surface area contributed by atoms with E-state index in [1.807, 2.05) is 30.3 Å². The van der Waals surface area contributed by atoms with Crippen molar-refractivity contribution in [2.75, 3.05) is 6.54 Å². The molecule has 10 nitrogen and oxygen atoms in total. The van der Waals surface area contributed by atoms with Crippen molar-refractivity contribution >= 4 is 24.1 Å². The van der Waals surface area contributed by atoms with E-state index in [-0.39, 0.29) is 6.61 Å². The van der Waals surface area contributed by atoms with E-state index in [1.165, 1.54) is 6.92 Å². The molecule has 0 spiro atoms. The van der Waals surface area contributed by atoms with Gasteiger partial charge in [0.25, 0.3) is 0 Å². The molecule has 0 aliphatic heterocycles. The summed E-state index contributed by atoms with van der Waals surface area (Å²) in [6.07, 6.45) is 0.112. The molecule has 3 N–H and O–H groups in total. The molecule has 0 saturated carbocycles. The predicted octanol–water partition coefficient (Wildman–Crippen LogP) is 3.82. The number of rotatable bonds is 11. The molecule has 0 radical (unpaired) electrons. The van der Waals surface area contributed by atoms with Gasteiger partial charge in [0.2, 0.25) is 5.91 Å². The summed E-state index contributed by atoms with van der Waals surface area (Å²) >= 11 is 0. The van der Waals surface area contributed by atoms with Crippen LogP contribution in [0.25, 0.3) is 0 Å². The van der Waals surface area contributed by atoms with Crippen LogP contribution >= 0.6 is 0 Å². The number of esters is 1. The van der Waals surface area contributed by atoms with E-state index in [9.17, 15) is 19.2 Å². The summed E-state index contributed by atoms with van der Waals surface area (Å²) in [6, 6.07) is 7.50. The van der Waals surface area contributed by atoms with Crippen LogP contribution in [0.3, 0.4) is 0 Å². The van der Waals surface area contributed by atoms with Crippen LogP contribution in [0.5, 0.6) is 0 Å². The monoisotopic (exact) mass is 507 g/mol. The van der Waals surface area contributed by atoms with Crippen molar-refractivity contribution in [3.63, 3.8) is 0 Å².